The number of nitrogens with zero attached hydrogens (tertiary/aromatic N) is 1. The predicted molar refractivity (Wildman–Crippen MR) is 104 cm³/mol. The maximum atomic E-state index is 12.8. The number of phenolic OH excluding ortho intramolecular Hbond substituents is 1. The van der Waals surface area contributed by atoms with Crippen molar-refractivity contribution in [2.24, 2.45) is 17.8 Å². The molecule has 1 aliphatic heterocycles. The van der Waals surface area contributed by atoms with Gasteiger partial charge in [0.25, 0.3) is 0 Å². The molecule has 2 saturated carbocycles. The molecule has 0 amide bonds. The topological polar surface area (TPSA) is 49.8 Å². The standard InChI is InChI=1S/C23H31NO3/c1-14-10-17-18-11-16-6-7-20(27-2)22(26)21(16)23(17,12-19(14)25)8-9-24(18)13-15-4-3-5-15/h6-7,14-15,17-18,26H,3-5,8-13H2,1-2H3/t14?,17-,18+,23-/m0/s1. The summed E-state index contributed by atoms with van der Waals surface area (Å²) in [6, 6.07) is 4.54. The van der Waals surface area contributed by atoms with Crippen LogP contribution < -0.4 is 4.74 Å². The molecule has 146 valence electrons. The Balaban J connectivity index is 1.60. The lowest BCUT2D eigenvalue weighted by atomic mass is 9.50. The fourth-order valence-electron chi connectivity index (χ4n) is 6.55. The summed E-state index contributed by atoms with van der Waals surface area (Å²) in [5.74, 6) is 2.67. The van der Waals surface area contributed by atoms with E-state index < -0.39 is 0 Å². The van der Waals surface area contributed by atoms with E-state index in [4.69, 9.17) is 4.74 Å². The average Bonchev–Trinajstić information content (AvgIpc) is 2.60. The zero-order valence-corrected chi connectivity index (χ0v) is 16.5. The highest BCUT2D eigenvalue weighted by atomic mass is 16.5. The van der Waals surface area contributed by atoms with E-state index in [2.05, 4.69) is 17.9 Å². The maximum absolute atomic E-state index is 12.8. The fourth-order valence-corrected chi connectivity index (χ4v) is 6.55. The van der Waals surface area contributed by atoms with Crippen LogP contribution in [0.15, 0.2) is 12.1 Å². The van der Waals surface area contributed by atoms with Gasteiger partial charge >= 0.3 is 0 Å². The first-order chi connectivity index (χ1) is 13.0. The number of benzene rings is 1. The third kappa shape index (κ3) is 2.48. The lowest BCUT2D eigenvalue weighted by Gasteiger charge is -2.60. The molecule has 4 atom stereocenters. The second-order valence-corrected chi connectivity index (χ2v) is 9.51. The van der Waals surface area contributed by atoms with Gasteiger partial charge in [0, 0.05) is 35.9 Å². The number of fused-ring (bicyclic) bond motifs is 1. The molecule has 2 bridgehead atoms. The Kier molecular flexibility index (Phi) is 4.05. The molecule has 1 aromatic rings. The van der Waals surface area contributed by atoms with Gasteiger partial charge in [0.2, 0.25) is 0 Å². The van der Waals surface area contributed by atoms with Crippen molar-refractivity contribution in [2.45, 2.75) is 63.3 Å². The molecule has 4 nitrogen and oxygen atoms in total. The zero-order valence-electron chi connectivity index (χ0n) is 16.5. The average molecular weight is 370 g/mol. The van der Waals surface area contributed by atoms with Crippen LogP contribution in [0.1, 0.15) is 56.6 Å². The maximum Gasteiger partial charge on any atom is 0.161 e. The summed E-state index contributed by atoms with van der Waals surface area (Å²) < 4.78 is 5.42. The number of aromatic hydroxyl groups is 1. The number of carbonyl (C=O) groups is 1. The van der Waals surface area contributed by atoms with Crippen molar-refractivity contribution in [3.63, 3.8) is 0 Å². The van der Waals surface area contributed by atoms with Gasteiger partial charge in [-0.1, -0.05) is 19.4 Å². The molecule has 0 spiro atoms. The van der Waals surface area contributed by atoms with Crippen LogP contribution in [0, 0.1) is 17.8 Å². The first-order valence-electron chi connectivity index (χ1n) is 10.7. The Hall–Kier alpha value is -1.55. The van der Waals surface area contributed by atoms with Gasteiger partial charge in [-0.3, -0.25) is 9.69 Å². The minimum absolute atomic E-state index is 0.142. The Morgan fingerprint density at radius 3 is 2.85 bits per heavy atom. The number of hydrogen-bond donors (Lipinski definition) is 1. The highest BCUT2D eigenvalue weighted by Crippen LogP contribution is 2.59. The summed E-state index contributed by atoms with van der Waals surface area (Å²) in [7, 11) is 1.61. The van der Waals surface area contributed by atoms with E-state index in [1.807, 2.05) is 6.07 Å². The molecule has 1 unspecified atom stereocenters. The van der Waals surface area contributed by atoms with Crippen LogP contribution in [-0.4, -0.2) is 42.0 Å². The van der Waals surface area contributed by atoms with Crippen LogP contribution in [0.2, 0.25) is 0 Å². The number of likely N-dealkylation sites (tertiary alicyclic amines) is 1. The lowest BCUT2D eigenvalue weighted by molar-refractivity contribution is -0.133. The number of ketones is 1. The molecule has 1 heterocycles. The summed E-state index contributed by atoms with van der Waals surface area (Å²) >= 11 is 0. The van der Waals surface area contributed by atoms with Gasteiger partial charge in [-0.2, -0.15) is 0 Å². The summed E-state index contributed by atoms with van der Waals surface area (Å²) in [5.41, 5.74) is 2.07. The van der Waals surface area contributed by atoms with E-state index in [0.717, 1.165) is 37.3 Å². The Morgan fingerprint density at radius 2 is 2.15 bits per heavy atom. The quantitative estimate of drug-likeness (QED) is 0.883. The number of carbonyl (C=O) groups excluding carboxylic acids is 1. The number of methoxy groups -OCH3 is 1. The van der Waals surface area contributed by atoms with Crippen molar-refractivity contribution in [3.05, 3.63) is 23.3 Å². The van der Waals surface area contributed by atoms with E-state index >= 15 is 0 Å². The summed E-state index contributed by atoms with van der Waals surface area (Å²) in [4.78, 5) is 15.5. The molecule has 3 aliphatic carbocycles. The van der Waals surface area contributed by atoms with Gasteiger partial charge in [-0.25, -0.2) is 0 Å². The molecule has 5 rings (SSSR count). The van der Waals surface area contributed by atoms with E-state index in [9.17, 15) is 9.90 Å². The van der Waals surface area contributed by atoms with Gasteiger partial charge in [-0.15, -0.1) is 0 Å². The van der Waals surface area contributed by atoms with Gasteiger partial charge in [0.15, 0.2) is 11.5 Å². The molecule has 4 heteroatoms. The van der Waals surface area contributed by atoms with Crippen LogP contribution in [0.5, 0.6) is 11.5 Å². The predicted octanol–water partition coefficient (Wildman–Crippen LogP) is 3.68. The molecular weight excluding hydrogens is 338 g/mol. The Labute approximate surface area is 161 Å². The van der Waals surface area contributed by atoms with Gasteiger partial charge in [-0.05, 0) is 62.1 Å². The van der Waals surface area contributed by atoms with E-state index in [-0.39, 0.29) is 17.1 Å². The Bertz CT molecular complexity index is 771. The molecule has 1 aromatic carbocycles. The number of rotatable bonds is 3. The summed E-state index contributed by atoms with van der Waals surface area (Å²) in [5, 5.41) is 11.0. The lowest BCUT2D eigenvalue weighted by Crippen LogP contribution is -2.63. The molecule has 3 fully saturated rings. The highest BCUT2D eigenvalue weighted by molar-refractivity contribution is 5.84. The minimum Gasteiger partial charge on any atom is -0.504 e. The monoisotopic (exact) mass is 369 g/mol. The molecule has 1 saturated heterocycles. The molecule has 27 heavy (non-hydrogen) atoms. The normalized spacial score (nSPS) is 35.9. The number of piperidine rings is 1. The van der Waals surface area contributed by atoms with Crippen LogP contribution in [0.4, 0.5) is 0 Å². The van der Waals surface area contributed by atoms with Crippen molar-refractivity contribution in [2.75, 3.05) is 20.2 Å². The number of phenols is 1. The van der Waals surface area contributed by atoms with Gasteiger partial charge in [0.1, 0.15) is 5.78 Å². The molecule has 4 aliphatic rings. The zero-order chi connectivity index (χ0) is 18.8. The van der Waals surface area contributed by atoms with Crippen molar-refractivity contribution in [1.29, 1.82) is 0 Å². The van der Waals surface area contributed by atoms with Crippen molar-refractivity contribution in [1.82, 2.24) is 4.90 Å². The fraction of sp³-hybridized carbons (Fsp3) is 0.696. The van der Waals surface area contributed by atoms with Crippen LogP contribution in [-0.2, 0) is 16.6 Å². The third-order valence-corrected chi connectivity index (χ3v) is 8.23. The van der Waals surface area contributed by atoms with Gasteiger partial charge < -0.3 is 9.84 Å². The molecule has 0 aromatic heterocycles. The second-order valence-electron chi connectivity index (χ2n) is 9.51. The van der Waals surface area contributed by atoms with E-state index in [1.165, 1.54) is 31.4 Å². The van der Waals surface area contributed by atoms with Crippen LogP contribution >= 0.6 is 0 Å². The highest BCUT2D eigenvalue weighted by Gasteiger charge is 2.58. The molecule has 0 radical (unpaired) electrons. The first kappa shape index (κ1) is 17.5. The molecular formula is C23H31NO3. The van der Waals surface area contributed by atoms with E-state index in [0.29, 0.717) is 29.9 Å². The number of ether oxygens (including phenoxy) is 1. The van der Waals surface area contributed by atoms with Crippen molar-refractivity contribution >= 4 is 5.78 Å². The minimum atomic E-state index is -0.198. The third-order valence-electron chi connectivity index (χ3n) is 8.23. The van der Waals surface area contributed by atoms with Crippen LogP contribution in [0.3, 0.4) is 0 Å². The smallest absolute Gasteiger partial charge is 0.161 e. The Morgan fingerprint density at radius 1 is 1.33 bits per heavy atom. The number of Topliss-reactive ketones (excluding diaryl/α,β-unsaturated/α-hetero) is 1. The van der Waals surface area contributed by atoms with Crippen LogP contribution in [0.25, 0.3) is 0 Å². The molecule has 1 N–H and O–H groups in total. The summed E-state index contributed by atoms with van der Waals surface area (Å²) in [6.45, 7) is 4.37. The number of hydrogen-bond acceptors (Lipinski definition) is 4. The van der Waals surface area contributed by atoms with E-state index in [1.54, 1.807) is 7.11 Å². The SMILES string of the molecule is COc1ccc2c(c1O)[C@]13CCN(CC4CCC4)[C@H](C2)[C@@H]1CC(C)C(=O)C3. The first-order valence-corrected chi connectivity index (χ1v) is 10.7. The largest absolute Gasteiger partial charge is 0.504 e. The second kappa shape index (κ2) is 6.23. The van der Waals surface area contributed by atoms with Crippen molar-refractivity contribution < 1.29 is 14.6 Å². The van der Waals surface area contributed by atoms with Gasteiger partial charge in [0.05, 0.1) is 7.11 Å². The van der Waals surface area contributed by atoms with Crippen molar-refractivity contribution in [3.8, 4) is 11.5 Å². The summed E-state index contributed by atoms with van der Waals surface area (Å²) in [6.07, 6.45) is 7.66.